The third-order valence-corrected chi connectivity index (χ3v) is 1.62. The molecule has 1 aromatic heterocycles. The molecule has 0 saturated heterocycles. The summed E-state index contributed by atoms with van der Waals surface area (Å²) in [6.45, 7) is 5.67. The van der Waals surface area contributed by atoms with E-state index in [0.29, 0.717) is 11.5 Å². The van der Waals surface area contributed by atoms with Crippen molar-refractivity contribution in [1.29, 1.82) is 0 Å². The number of nitrogens with zero attached hydrogens (tertiary/aromatic N) is 1. The molecule has 0 amide bonds. The van der Waals surface area contributed by atoms with Gasteiger partial charge in [-0.3, -0.25) is 0 Å². The molecule has 0 aliphatic heterocycles. The van der Waals surface area contributed by atoms with Gasteiger partial charge >= 0.3 is 0 Å². The van der Waals surface area contributed by atoms with Crippen molar-refractivity contribution in [1.82, 2.24) is 5.16 Å². The summed E-state index contributed by atoms with van der Waals surface area (Å²) >= 11 is 0. The van der Waals surface area contributed by atoms with E-state index < -0.39 is 0 Å². The van der Waals surface area contributed by atoms with Crippen LogP contribution in [0.15, 0.2) is 34.9 Å². The number of allylic oxidation sites excluding steroid dienone is 3. The molecule has 0 unspecified atom stereocenters. The van der Waals surface area contributed by atoms with E-state index in [1.54, 1.807) is 6.07 Å². The van der Waals surface area contributed by atoms with E-state index in [9.17, 15) is 0 Å². The summed E-state index contributed by atoms with van der Waals surface area (Å²) in [5, 5.41) is 12.3. The van der Waals surface area contributed by atoms with E-state index in [-0.39, 0.29) is 6.61 Å². The predicted molar refractivity (Wildman–Crippen MR) is 57.9 cm³/mol. The molecule has 1 heterocycles. The standard InChI is InChI=1S/C12H13NO2/c1-3-4-5-10(2)6-7-12-8-11(9-14)13-15-12/h4-5,8,14H,2-3,9H2,1H3/b5-4-. The first kappa shape index (κ1) is 11.3. The number of hydrogen-bond acceptors (Lipinski definition) is 3. The Bertz CT molecular complexity index is 418. The third kappa shape index (κ3) is 3.84. The fourth-order valence-electron chi connectivity index (χ4n) is 0.889. The van der Waals surface area contributed by atoms with E-state index in [4.69, 9.17) is 9.63 Å². The van der Waals surface area contributed by atoms with Crippen LogP contribution in [0.2, 0.25) is 0 Å². The fourth-order valence-corrected chi connectivity index (χ4v) is 0.889. The van der Waals surface area contributed by atoms with Gasteiger partial charge in [0.25, 0.3) is 0 Å². The van der Waals surface area contributed by atoms with Crippen molar-refractivity contribution in [2.45, 2.75) is 20.0 Å². The van der Waals surface area contributed by atoms with Crippen molar-refractivity contribution in [2.75, 3.05) is 0 Å². The number of aliphatic hydroxyl groups excluding tert-OH is 1. The monoisotopic (exact) mass is 203 g/mol. The van der Waals surface area contributed by atoms with Crippen LogP contribution in [0.4, 0.5) is 0 Å². The molecule has 0 aliphatic carbocycles. The van der Waals surface area contributed by atoms with Gasteiger partial charge in [0, 0.05) is 11.6 Å². The van der Waals surface area contributed by atoms with Gasteiger partial charge in [-0.1, -0.05) is 36.7 Å². The second kappa shape index (κ2) is 5.84. The fraction of sp³-hybridized carbons (Fsp3) is 0.250. The van der Waals surface area contributed by atoms with Gasteiger partial charge in [0.15, 0.2) is 0 Å². The molecule has 0 aliphatic rings. The first-order valence-corrected chi connectivity index (χ1v) is 4.70. The van der Waals surface area contributed by atoms with E-state index in [1.165, 1.54) is 0 Å². The first-order valence-electron chi connectivity index (χ1n) is 4.70. The Hall–Kier alpha value is -1.79. The van der Waals surface area contributed by atoms with Crippen LogP contribution in [0.1, 0.15) is 24.8 Å². The third-order valence-electron chi connectivity index (χ3n) is 1.62. The van der Waals surface area contributed by atoms with Gasteiger partial charge in [0.1, 0.15) is 5.69 Å². The van der Waals surface area contributed by atoms with Crippen LogP contribution in [-0.2, 0) is 6.61 Å². The molecule has 1 rings (SSSR count). The second-order valence-corrected chi connectivity index (χ2v) is 2.93. The van der Waals surface area contributed by atoms with Gasteiger partial charge in [-0.05, 0) is 12.3 Å². The van der Waals surface area contributed by atoms with Crippen LogP contribution < -0.4 is 0 Å². The van der Waals surface area contributed by atoms with E-state index in [2.05, 4.69) is 23.6 Å². The van der Waals surface area contributed by atoms with Crippen LogP contribution in [0, 0.1) is 11.8 Å². The minimum absolute atomic E-state index is 0.137. The molecule has 1 N–H and O–H groups in total. The summed E-state index contributed by atoms with van der Waals surface area (Å²) in [7, 11) is 0. The van der Waals surface area contributed by atoms with E-state index in [0.717, 1.165) is 12.0 Å². The van der Waals surface area contributed by atoms with E-state index >= 15 is 0 Å². The minimum Gasteiger partial charge on any atom is -0.390 e. The van der Waals surface area contributed by atoms with Crippen LogP contribution in [0.3, 0.4) is 0 Å². The zero-order valence-electron chi connectivity index (χ0n) is 8.66. The number of hydrogen-bond donors (Lipinski definition) is 1. The average molecular weight is 203 g/mol. The molecule has 0 bridgehead atoms. The van der Waals surface area contributed by atoms with Crippen molar-refractivity contribution < 1.29 is 9.63 Å². The quantitative estimate of drug-likeness (QED) is 0.604. The zero-order valence-corrected chi connectivity index (χ0v) is 8.66. The van der Waals surface area contributed by atoms with Crippen molar-refractivity contribution in [3.63, 3.8) is 0 Å². The summed E-state index contributed by atoms with van der Waals surface area (Å²) in [6, 6.07) is 1.60. The van der Waals surface area contributed by atoms with Gasteiger partial charge in [0.2, 0.25) is 5.76 Å². The Morgan fingerprint density at radius 3 is 3.13 bits per heavy atom. The number of aromatic nitrogens is 1. The van der Waals surface area contributed by atoms with Crippen molar-refractivity contribution in [3.8, 4) is 11.8 Å². The molecule has 15 heavy (non-hydrogen) atoms. The molecule has 3 nitrogen and oxygen atoms in total. The molecular formula is C12H13NO2. The Balaban J connectivity index is 2.64. The van der Waals surface area contributed by atoms with Crippen LogP contribution in [0.25, 0.3) is 0 Å². The summed E-state index contributed by atoms with van der Waals surface area (Å²) in [4.78, 5) is 0. The van der Waals surface area contributed by atoms with Crippen molar-refractivity contribution >= 4 is 0 Å². The second-order valence-electron chi connectivity index (χ2n) is 2.93. The van der Waals surface area contributed by atoms with Crippen LogP contribution in [0.5, 0.6) is 0 Å². The topological polar surface area (TPSA) is 46.3 Å². The van der Waals surface area contributed by atoms with Crippen LogP contribution in [-0.4, -0.2) is 10.3 Å². The Morgan fingerprint density at radius 2 is 2.53 bits per heavy atom. The van der Waals surface area contributed by atoms with Gasteiger partial charge in [-0.25, -0.2) is 0 Å². The molecule has 3 heteroatoms. The maximum Gasteiger partial charge on any atom is 0.210 e. The summed E-state index contributed by atoms with van der Waals surface area (Å²) in [6.07, 6.45) is 4.80. The minimum atomic E-state index is -0.137. The van der Waals surface area contributed by atoms with Gasteiger partial charge in [-0.15, -0.1) is 0 Å². The molecule has 0 atom stereocenters. The zero-order chi connectivity index (χ0) is 11.1. The van der Waals surface area contributed by atoms with Crippen LogP contribution >= 0.6 is 0 Å². The van der Waals surface area contributed by atoms with Gasteiger partial charge in [-0.2, -0.15) is 0 Å². The Kier molecular flexibility index (Phi) is 4.39. The summed E-state index contributed by atoms with van der Waals surface area (Å²) in [5.41, 5.74) is 1.20. The van der Waals surface area contributed by atoms with E-state index in [1.807, 2.05) is 19.1 Å². The lowest BCUT2D eigenvalue weighted by atomic mass is 10.2. The van der Waals surface area contributed by atoms with Gasteiger partial charge < -0.3 is 9.63 Å². The molecule has 0 spiro atoms. The number of aliphatic hydroxyl groups is 1. The lowest BCUT2D eigenvalue weighted by Gasteiger charge is -1.82. The lowest BCUT2D eigenvalue weighted by molar-refractivity contribution is 0.266. The molecular weight excluding hydrogens is 190 g/mol. The lowest BCUT2D eigenvalue weighted by Crippen LogP contribution is -1.78. The van der Waals surface area contributed by atoms with Gasteiger partial charge in [0.05, 0.1) is 6.61 Å². The predicted octanol–water partition coefficient (Wildman–Crippen LogP) is 2.04. The maximum atomic E-state index is 8.75. The SMILES string of the molecule is C=C(C#Cc1cc(CO)no1)/C=C\CC. The largest absolute Gasteiger partial charge is 0.390 e. The molecule has 0 aromatic carbocycles. The smallest absolute Gasteiger partial charge is 0.210 e. The summed E-state index contributed by atoms with van der Waals surface area (Å²) < 4.78 is 4.86. The highest BCUT2D eigenvalue weighted by molar-refractivity contribution is 5.40. The molecule has 0 saturated carbocycles. The highest BCUT2D eigenvalue weighted by atomic mass is 16.5. The summed E-state index contributed by atoms with van der Waals surface area (Å²) in [5.74, 6) is 6.03. The molecule has 1 aromatic rings. The molecule has 78 valence electrons. The highest BCUT2D eigenvalue weighted by Crippen LogP contribution is 2.02. The first-order chi connectivity index (χ1) is 7.26. The Morgan fingerprint density at radius 1 is 1.73 bits per heavy atom. The maximum absolute atomic E-state index is 8.75. The Labute approximate surface area is 89.1 Å². The normalized spacial score (nSPS) is 10.0. The van der Waals surface area contributed by atoms with Crippen molar-refractivity contribution in [2.24, 2.45) is 0 Å². The molecule has 0 radical (unpaired) electrons. The highest BCUT2D eigenvalue weighted by Gasteiger charge is 1.98. The number of rotatable bonds is 3. The van der Waals surface area contributed by atoms with Crippen molar-refractivity contribution in [3.05, 3.63) is 41.8 Å². The average Bonchev–Trinajstić information content (AvgIpc) is 2.71. The molecule has 0 fully saturated rings.